The summed E-state index contributed by atoms with van der Waals surface area (Å²) in [4.78, 5) is 2.45. The largest absolute Gasteiger partial charge is 0.310 e. The lowest BCUT2D eigenvalue weighted by Crippen LogP contribution is -2.11. The molecular weight excluding hydrogens is 743 g/mol. The minimum Gasteiger partial charge on any atom is -0.310 e. The molecule has 0 aliphatic rings. The fourth-order valence-electron chi connectivity index (χ4n) is 9.45. The molecule has 0 saturated heterocycles. The fraction of sp³-hybridized carbons (Fsp3) is 0. The lowest BCUT2D eigenvalue weighted by atomic mass is 9.88. The van der Waals surface area contributed by atoms with Gasteiger partial charge in [0.25, 0.3) is 0 Å². The normalized spacial score (nSPS) is 11.7. The molecule has 12 rings (SSSR count). The molecule has 0 atom stereocenters. The molecule has 1 heterocycles. The van der Waals surface area contributed by atoms with Gasteiger partial charge in [0.2, 0.25) is 0 Å². The summed E-state index contributed by atoms with van der Waals surface area (Å²) in [6.07, 6.45) is 0. The van der Waals surface area contributed by atoms with Crippen LogP contribution >= 0.6 is 11.3 Å². The summed E-state index contributed by atoms with van der Waals surface area (Å²) in [5.41, 5.74) is 10.6. The van der Waals surface area contributed by atoms with E-state index < -0.39 is 0 Å². The Labute approximate surface area is 352 Å². The SMILES string of the molecule is c1ccc(-c2ccc(N(c3cccc(-c4cccc5c4sc4ccccc45)c3)c3ccccc3-c3cc4ccccc4c4c3ccc3ccc5ccccc5c34)cc2)cc1. The van der Waals surface area contributed by atoms with Crippen LogP contribution in [0, 0.1) is 0 Å². The number of anilines is 3. The van der Waals surface area contributed by atoms with Crippen molar-refractivity contribution in [2.24, 2.45) is 0 Å². The van der Waals surface area contributed by atoms with Crippen LogP contribution in [0.3, 0.4) is 0 Å². The number of fused-ring (bicyclic) bond motifs is 10. The van der Waals surface area contributed by atoms with Crippen LogP contribution in [-0.4, -0.2) is 0 Å². The zero-order chi connectivity index (χ0) is 39.6. The Morgan fingerprint density at radius 3 is 1.78 bits per heavy atom. The monoisotopic (exact) mass is 779 g/mol. The highest BCUT2D eigenvalue weighted by Gasteiger charge is 2.21. The van der Waals surface area contributed by atoms with Gasteiger partial charge in [0, 0.05) is 37.1 Å². The second-order valence-electron chi connectivity index (χ2n) is 15.6. The molecule has 1 aromatic heterocycles. The predicted octanol–water partition coefficient (Wildman–Crippen LogP) is 17.1. The van der Waals surface area contributed by atoms with Crippen LogP contribution in [0.15, 0.2) is 224 Å². The topological polar surface area (TPSA) is 3.24 Å². The molecule has 1 nitrogen and oxygen atoms in total. The van der Waals surface area contributed by atoms with Crippen molar-refractivity contribution >= 4 is 91.7 Å². The first-order valence-electron chi connectivity index (χ1n) is 20.6. The Bertz CT molecular complexity index is 3600. The van der Waals surface area contributed by atoms with Crippen molar-refractivity contribution in [1.82, 2.24) is 0 Å². The molecule has 11 aromatic carbocycles. The van der Waals surface area contributed by atoms with E-state index in [1.165, 1.54) is 96.6 Å². The van der Waals surface area contributed by atoms with Crippen LogP contribution in [0.5, 0.6) is 0 Å². The molecule has 0 saturated carbocycles. The molecule has 12 aromatic rings. The van der Waals surface area contributed by atoms with Crippen LogP contribution in [0.4, 0.5) is 17.1 Å². The van der Waals surface area contributed by atoms with Crippen LogP contribution in [0.2, 0.25) is 0 Å². The van der Waals surface area contributed by atoms with Gasteiger partial charge < -0.3 is 4.90 Å². The summed E-state index contributed by atoms with van der Waals surface area (Å²) in [6, 6.07) is 82.6. The zero-order valence-electron chi connectivity index (χ0n) is 32.7. The van der Waals surface area contributed by atoms with E-state index in [1.807, 2.05) is 11.3 Å². The van der Waals surface area contributed by atoms with Crippen LogP contribution in [-0.2, 0) is 0 Å². The maximum absolute atomic E-state index is 2.45. The van der Waals surface area contributed by atoms with E-state index in [4.69, 9.17) is 0 Å². The maximum Gasteiger partial charge on any atom is 0.0540 e. The molecule has 0 N–H and O–H groups in total. The Balaban J connectivity index is 1.11. The number of nitrogens with zero attached hydrogens (tertiary/aromatic N) is 1. The Kier molecular flexibility index (Phi) is 8.11. The van der Waals surface area contributed by atoms with Gasteiger partial charge in [-0.05, 0) is 113 Å². The highest BCUT2D eigenvalue weighted by Crippen LogP contribution is 2.48. The van der Waals surface area contributed by atoms with Gasteiger partial charge in [-0.15, -0.1) is 11.3 Å². The molecule has 0 spiro atoms. The smallest absolute Gasteiger partial charge is 0.0540 e. The summed E-state index contributed by atoms with van der Waals surface area (Å²) in [6.45, 7) is 0. The fourth-order valence-corrected chi connectivity index (χ4v) is 10.7. The summed E-state index contributed by atoms with van der Waals surface area (Å²) >= 11 is 1.88. The number of thiophene rings is 1. The van der Waals surface area contributed by atoms with Crippen molar-refractivity contribution in [2.75, 3.05) is 4.90 Å². The van der Waals surface area contributed by atoms with E-state index in [9.17, 15) is 0 Å². The van der Waals surface area contributed by atoms with Crippen molar-refractivity contribution in [3.05, 3.63) is 224 Å². The quantitative estimate of drug-likeness (QED) is 0.152. The van der Waals surface area contributed by atoms with Crippen molar-refractivity contribution < 1.29 is 0 Å². The molecule has 0 aliphatic heterocycles. The highest BCUT2D eigenvalue weighted by molar-refractivity contribution is 7.26. The average molecular weight is 780 g/mol. The van der Waals surface area contributed by atoms with E-state index in [2.05, 4.69) is 229 Å². The van der Waals surface area contributed by atoms with Crippen molar-refractivity contribution in [2.45, 2.75) is 0 Å². The van der Waals surface area contributed by atoms with Crippen LogP contribution in [0.1, 0.15) is 0 Å². The maximum atomic E-state index is 2.45. The van der Waals surface area contributed by atoms with Crippen molar-refractivity contribution in [1.29, 1.82) is 0 Å². The highest BCUT2D eigenvalue weighted by atomic mass is 32.1. The molecule has 2 heteroatoms. The minimum atomic E-state index is 1.10. The molecule has 60 heavy (non-hydrogen) atoms. The zero-order valence-corrected chi connectivity index (χ0v) is 33.5. The van der Waals surface area contributed by atoms with Crippen molar-refractivity contribution in [3.63, 3.8) is 0 Å². The number of rotatable bonds is 6. The number of benzene rings is 11. The van der Waals surface area contributed by atoms with E-state index in [1.54, 1.807) is 0 Å². The van der Waals surface area contributed by atoms with E-state index in [-0.39, 0.29) is 0 Å². The van der Waals surface area contributed by atoms with Gasteiger partial charge in [-0.25, -0.2) is 0 Å². The van der Waals surface area contributed by atoms with Gasteiger partial charge in [0.1, 0.15) is 0 Å². The van der Waals surface area contributed by atoms with Gasteiger partial charge in [0.15, 0.2) is 0 Å². The third kappa shape index (κ3) is 5.61. The first-order chi connectivity index (χ1) is 29.8. The average Bonchev–Trinajstić information content (AvgIpc) is 3.71. The second-order valence-corrected chi connectivity index (χ2v) is 16.7. The predicted molar refractivity (Wildman–Crippen MR) is 260 cm³/mol. The molecule has 0 aliphatic carbocycles. The summed E-state index contributed by atoms with van der Waals surface area (Å²) in [5.74, 6) is 0. The van der Waals surface area contributed by atoms with E-state index in [0.717, 1.165) is 17.1 Å². The first kappa shape index (κ1) is 34.5. The lowest BCUT2D eigenvalue weighted by molar-refractivity contribution is 1.28. The molecule has 0 bridgehead atoms. The van der Waals surface area contributed by atoms with Gasteiger partial charge >= 0.3 is 0 Å². The number of para-hydroxylation sites is 1. The molecule has 0 fully saturated rings. The van der Waals surface area contributed by atoms with Crippen molar-refractivity contribution in [3.8, 4) is 33.4 Å². The van der Waals surface area contributed by atoms with Crippen LogP contribution < -0.4 is 4.90 Å². The Hall–Kier alpha value is -7.52. The number of hydrogen-bond donors (Lipinski definition) is 0. The van der Waals surface area contributed by atoms with Gasteiger partial charge in [-0.1, -0.05) is 182 Å². The Morgan fingerprint density at radius 2 is 0.917 bits per heavy atom. The van der Waals surface area contributed by atoms with E-state index >= 15 is 0 Å². The molecule has 0 unspecified atom stereocenters. The third-order valence-corrected chi connectivity index (χ3v) is 13.4. The molecule has 0 radical (unpaired) electrons. The molecule has 280 valence electrons. The number of hydrogen-bond acceptors (Lipinski definition) is 2. The van der Waals surface area contributed by atoms with E-state index in [0.29, 0.717) is 0 Å². The van der Waals surface area contributed by atoms with Gasteiger partial charge in [-0.2, -0.15) is 0 Å². The lowest BCUT2D eigenvalue weighted by Gasteiger charge is -2.29. The van der Waals surface area contributed by atoms with Crippen LogP contribution in [0.25, 0.3) is 96.6 Å². The Morgan fingerprint density at radius 1 is 0.300 bits per heavy atom. The van der Waals surface area contributed by atoms with Gasteiger partial charge in [0.05, 0.1) is 5.69 Å². The standard InChI is InChI=1S/C58H37NS/c1-2-14-38(15-3-1)39-30-33-44(34-31-39)59(45-19-12-18-42(36-45)48-24-13-25-52-50-23-9-11-27-55(50)60-58(48)52)54-26-10-8-22-49(54)53-37-43-17-5-7-21-47(43)57-51(53)35-32-41-29-28-40-16-4-6-20-46(40)56(41)57/h1-37H. The second kappa shape index (κ2) is 14.1. The third-order valence-electron chi connectivity index (χ3n) is 12.2. The minimum absolute atomic E-state index is 1.10. The molecule has 0 amide bonds. The first-order valence-corrected chi connectivity index (χ1v) is 21.4. The summed E-state index contributed by atoms with van der Waals surface area (Å²) in [5, 5.41) is 12.7. The van der Waals surface area contributed by atoms with Gasteiger partial charge in [-0.3, -0.25) is 0 Å². The summed E-state index contributed by atoms with van der Waals surface area (Å²) in [7, 11) is 0. The molecular formula is C58H37NS. The summed E-state index contributed by atoms with van der Waals surface area (Å²) < 4.78 is 2.63.